The van der Waals surface area contributed by atoms with Gasteiger partial charge >= 0.3 is 5.91 Å². The van der Waals surface area contributed by atoms with Crippen LogP contribution in [0.15, 0.2) is 30.3 Å². The van der Waals surface area contributed by atoms with Gasteiger partial charge in [-0.1, -0.05) is 13.8 Å². The first-order valence-electron chi connectivity index (χ1n) is 10.6. The molecule has 4 N–H and O–H groups in total. The second-order valence-electron chi connectivity index (χ2n) is 8.14. The van der Waals surface area contributed by atoms with Gasteiger partial charge in [-0.15, -0.1) is 10.2 Å². The van der Waals surface area contributed by atoms with Gasteiger partial charge in [0.2, 0.25) is 11.7 Å². The van der Waals surface area contributed by atoms with E-state index in [1.807, 2.05) is 19.9 Å². The standard InChI is InChI=1S/C23H25N5O5/c1-12(2)15-10-16(19(30)11-18(15)29)21-25-26-22(23(32)27-33-3)28(21)14-7-8-17-13(9-14)5-4-6-20(31)24-17/h7-12,29-30H,4-6H2,1-3H3,(H,24,31)(H,27,32). The van der Waals surface area contributed by atoms with Crippen LogP contribution in [0.2, 0.25) is 0 Å². The summed E-state index contributed by atoms with van der Waals surface area (Å²) in [6.07, 6.45) is 1.81. The van der Waals surface area contributed by atoms with E-state index in [-0.39, 0.29) is 35.0 Å². The van der Waals surface area contributed by atoms with E-state index >= 15 is 0 Å². The lowest BCUT2D eigenvalue weighted by Gasteiger charge is -2.16. The van der Waals surface area contributed by atoms with Crippen LogP contribution in [0.1, 0.15) is 54.4 Å². The highest BCUT2D eigenvalue weighted by atomic mass is 16.6. The number of nitrogens with one attached hydrogen (secondary N) is 2. The van der Waals surface area contributed by atoms with Gasteiger partial charge in [-0.3, -0.25) is 19.0 Å². The second-order valence-corrected chi connectivity index (χ2v) is 8.14. The Hall–Kier alpha value is -3.92. The van der Waals surface area contributed by atoms with Crippen LogP contribution >= 0.6 is 0 Å². The number of phenols is 2. The molecular weight excluding hydrogens is 426 g/mol. The molecule has 172 valence electrons. The molecule has 0 aliphatic carbocycles. The van der Waals surface area contributed by atoms with E-state index < -0.39 is 5.91 Å². The average Bonchev–Trinajstić information content (AvgIpc) is 3.10. The Morgan fingerprint density at radius 3 is 2.67 bits per heavy atom. The number of hydroxylamine groups is 1. The quantitative estimate of drug-likeness (QED) is 0.437. The van der Waals surface area contributed by atoms with E-state index in [1.54, 1.807) is 18.2 Å². The number of anilines is 1. The minimum atomic E-state index is -0.623. The highest BCUT2D eigenvalue weighted by molar-refractivity contribution is 5.93. The van der Waals surface area contributed by atoms with Crippen molar-refractivity contribution in [2.24, 2.45) is 0 Å². The fourth-order valence-corrected chi connectivity index (χ4v) is 3.92. The number of rotatable bonds is 5. The van der Waals surface area contributed by atoms with Crippen molar-refractivity contribution >= 4 is 17.5 Å². The maximum atomic E-state index is 12.7. The van der Waals surface area contributed by atoms with Crippen molar-refractivity contribution in [1.29, 1.82) is 0 Å². The molecule has 10 nitrogen and oxygen atoms in total. The number of hydrogen-bond acceptors (Lipinski definition) is 7. The minimum Gasteiger partial charge on any atom is -0.508 e. The molecule has 33 heavy (non-hydrogen) atoms. The molecule has 4 rings (SSSR count). The van der Waals surface area contributed by atoms with Crippen molar-refractivity contribution in [3.8, 4) is 28.6 Å². The van der Waals surface area contributed by atoms with E-state index in [2.05, 4.69) is 21.0 Å². The largest absolute Gasteiger partial charge is 0.508 e. The van der Waals surface area contributed by atoms with Crippen molar-refractivity contribution in [3.05, 3.63) is 47.3 Å². The van der Waals surface area contributed by atoms with Gasteiger partial charge in [0.1, 0.15) is 11.5 Å². The number of phenolic OH excluding ortho intramolecular Hbond substituents is 2. The topological polar surface area (TPSA) is 139 Å². The smallest absolute Gasteiger partial charge is 0.313 e. The second kappa shape index (κ2) is 8.91. The van der Waals surface area contributed by atoms with Gasteiger partial charge in [-0.25, -0.2) is 5.48 Å². The van der Waals surface area contributed by atoms with Gasteiger partial charge in [-0.2, -0.15) is 0 Å². The Balaban J connectivity index is 1.92. The molecule has 0 saturated carbocycles. The third kappa shape index (κ3) is 4.24. The zero-order valence-corrected chi connectivity index (χ0v) is 18.5. The molecule has 10 heteroatoms. The molecule has 0 bridgehead atoms. The van der Waals surface area contributed by atoms with E-state index in [0.29, 0.717) is 41.8 Å². The van der Waals surface area contributed by atoms with Gasteiger partial charge < -0.3 is 15.5 Å². The fourth-order valence-electron chi connectivity index (χ4n) is 3.92. The van der Waals surface area contributed by atoms with E-state index in [1.165, 1.54) is 17.7 Å². The van der Waals surface area contributed by atoms with Crippen molar-refractivity contribution in [2.45, 2.75) is 39.0 Å². The number of nitrogens with zero attached hydrogens (tertiary/aromatic N) is 3. The molecule has 1 aliphatic heterocycles. The molecule has 1 aromatic heterocycles. The molecule has 0 saturated heterocycles. The van der Waals surface area contributed by atoms with Crippen LogP contribution in [0.5, 0.6) is 11.5 Å². The van der Waals surface area contributed by atoms with E-state index in [9.17, 15) is 19.8 Å². The Kier molecular flexibility index (Phi) is 6.01. The molecule has 2 aromatic carbocycles. The van der Waals surface area contributed by atoms with Crippen molar-refractivity contribution < 1.29 is 24.6 Å². The van der Waals surface area contributed by atoms with Crippen molar-refractivity contribution in [1.82, 2.24) is 20.2 Å². The summed E-state index contributed by atoms with van der Waals surface area (Å²) < 4.78 is 1.51. The highest BCUT2D eigenvalue weighted by Gasteiger charge is 2.25. The Bertz CT molecular complexity index is 1230. The number of carbonyl (C=O) groups excluding carboxylic acids is 2. The van der Waals surface area contributed by atoms with E-state index in [4.69, 9.17) is 4.84 Å². The van der Waals surface area contributed by atoms with Crippen LogP contribution in [0.25, 0.3) is 17.1 Å². The molecule has 2 amide bonds. The summed E-state index contributed by atoms with van der Waals surface area (Å²) >= 11 is 0. The van der Waals surface area contributed by atoms with Crippen LogP contribution in [0, 0.1) is 0 Å². The van der Waals surface area contributed by atoms with Crippen LogP contribution in [0.4, 0.5) is 5.69 Å². The predicted molar refractivity (Wildman–Crippen MR) is 120 cm³/mol. The van der Waals surface area contributed by atoms with Gasteiger partial charge in [-0.05, 0) is 54.2 Å². The zero-order chi connectivity index (χ0) is 23.7. The molecule has 3 aromatic rings. The number of aryl methyl sites for hydroxylation is 1. The minimum absolute atomic E-state index is 0.0203. The maximum Gasteiger partial charge on any atom is 0.313 e. The van der Waals surface area contributed by atoms with Gasteiger partial charge in [0, 0.05) is 23.9 Å². The zero-order valence-electron chi connectivity index (χ0n) is 18.5. The molecule has 0 spiro atoms. The first kappa shape index (κ1) is 22.3. The Morgan fingerprint density at radius 2 is 1.94 bits per heavy atom. The summed E-state index contributed by atoms with van der Waals surface area (Å²) in [5.41, 5.74) is 5.37. The van der Waals surface area contributed by atoms with Gasteiger partial charge in [0.05, 0.1) is 12.7 Å². The summed E-state index contributed by atoms with van der Waals surface area (Å²) in [5, 5.41) is 32.0. The summed E-state index contributed by atoms with van der Waals surface area (Å²) in [6.45, 7) is 3.83. The summed E-state index contributed by atoms with van der Waals surface area (Å²) in [4.78, 5) is 29.3. The van der Waals surface area contributed by atoms with Crippen LogP contribution < -0.4 is 10.8 Å². The molecule has 0 unspecified atom stereocenters. The Morgan fingerprint density at radius 1 is 1.15 bits per heavy atom. The molecule has 0 atom stereocenters. The predicted octanol–water partition coefficient (Wildman–Crippen LogP) is 3.03. The average molecular weight is 451 g/mol. The lowest BCUT2D eigenvalue weighted by atomic mass is 9.98. The van der Waals surface area contributed by atoms with Crippen molar-refractivity contribution in [2.75, 3.05) is 12.4 Å². The summed E-state index contributed by atoms with van der Waals surface area (Å²) in [7, 11) is 1.31. The molecular formula is C23H25N5O5. The van der Waals surface area contributed by atoms with Gasteiger partial charge in [0.25, 0.3) is 0 Å². The SMILES string of the molecule is CONC(=O)c1nnc(-c2cc(C(C)C)c(O)cc2O)n1-c1ccc2c(c1)CCCC(=O)N2. The van der Waals surface area contributed by atoms with Crippen molar-refractivity contribution in [3.63, 3.8) is 0 Å². The normalized spacial score (nSPS) is 13.4. The summed E-state index contributed by atoms with van der Waals surface area (Å²) in [6, 6.07) is 8.26. The van der Waals surface area contributed by atoms with Crippen LogP contribution in [-0.4, -0.2) is 43.9 Å². The molecule has 1 aliphatic rings. The highest BCUT2D eigenvalue weighted by Crippen LogP contribution is 2.38. The van der Waals surface area contributed by atoms with Crippen LogP contribution in [-0.2, 0) is 16.1 Å². The number of amides is 2. The third-order valence-electron chi connectivity index (χ3n) is 5.54. The first-order valence-corrected chi connectivity index (χ1v) is 10.6. The fraction of sp³-hybridized carbons (Fsp3) is 0.304. The monoisotopic (exact) mass is 451 g/mol. The van der Waals surface area contributed by atoms with E-state index in [0.717, 1.165) is 5.56 Å². The number of hydrogen-bond donors (Lipinski definition) is 4. The first-order chi connectivity index (χ1) is 15.8. The summed E-state index contributed by atoms with van der Waals surface area (Å²) in [5.74, 6) is -0.755. The third-order valence-corrected chi connectivity index (χ3v) is 5.54. The number of aromatic nitrogens is 3. The lowest BCUT2D eigenvalue weighted by Crippen LogP contribution is -2.25. The number of aromatic hydroxyl groups is 2. The number of fused-ring (bicyclic) bond motifs is 1. The molecule has 2 heterocycles. The Labute approximate surface area is 190 Å². The lowest BCUT2D eigenvalue weighted by molar-refractivity contribution is -0.116. The van der Waals surface area contributed by atoms with Gasteiger partial charge in [0.15, 0.2) is 5.82 Å². The molecule has 0 radical (unpaired) electrons. The number of benzene rings is 2. The maximum absolute atomic E-state index is 12.7. The number of carbonyl (C=O) groups is 2. The molecule has 0 fully saturated rings. The van der Waals surface area contributed by atoms with Crippen LogP contribution in [0.3, 0.4) is 0 Å².